The number of hydrogen-bond donors (Lipinski definition) is 2. The summed E-state index contributed by atoms with van der Waals surface area (Å²) in [6.07, 6.45) is -1.93. The van der Waals surface area contributed by atoms with Crippen LogP contribution >= 0.6 is 35.4 Å². The van der Waals surface area contributed by atoms with Crippen molar-refractivity contribution in [1.82, 2.24) is 5.32 Å². The minimum absolute atomic E-state index is 0.125. The van der Waals surface area contributed by atoms with Crippen LogP contribution in [0, 0.1) is 0 Å². The van der Waals surface area contributed by atoms with E-state index in [0.717, 1.165) is 12.1 Å². The maximum absolute atomic E-state index is 13.3. The van der Waals surface area contributed by atoms with E-state index < -0.39 is 17.6 Å². The molecule has 194 valence electrons. The number of halogens is 5. The Labute approximate surface area is 226 Å². The minimum Gasteiger partial charge on any atom is -0.457 e. The molecule has 1 aliphatic heterocycles. The summed E-state index contributed by atoms with van der Waals surface area (Å²) in [5.74, 6) is 0.230. The molecule has 2 heterocycles. The molecular formula is C25H20Cl2F3N3O3S. The zero-order chi connectivity index (χ0) is 26.6. The average Bonchev–Trinajstić information content (AvgIpc) is 3.33. The average molecular weight is 570 g/mol. The van der Waals surface area contributed by atoms with Crippen LogP contribution in [-0.2, 0) is 15.7 Å². The van der Waals surface area contributed by atoms with Gasteiger partial charge in [0.25, 0.3) is 0 Å². The van der Waals surface area contributed by atoms with E-state index in [0.29, 0.717) is 59.1 Å². The van der Waals surface area contributed by atoms with Crippen LogP contribution in [0.2, 0.25) is 10.0 Å². The molecule has 12 heteroatoms. The lowest BCUT2D eigenvalue weighted by Crippen LogP contribution is -2.38. The molecule has 0 atom stereocenters. The van der Waals surface area contributed by atoms with Gasteiger partial charge in [0.2, 0.25) is 5.91 Å². The van der Waals surface area contributed by atoms with E-state index in [1.165, 1.54) is 18.2 Å². The van der Waals surface area contributed by atoms with Crippen LogP contribution in [0.1, 0.15) is 11.3 Å². The molecule has 1 amide bonds. The molecule has 0 saturated carbocycles. The van der Waals surface area contributed by atoms with Crippen LogP contribution in [-0.4, -0.2) is 37.3 Å². The van der Waals surface area contributed by atoms with E-state index in [9.17, 15) is 18.0 Å². The van der Waals surface area contributed by atoms with Crippen LogP contribution < -0.4 is 15.5 Å². The van der Waals surface area contributed by atoms with Crippen molar-refractivity contribution < 1.29 is 27.1 Å². The molecule has 1 fully saturated rings. The van der Waals surface area contributed by atoms with Gasteiger partial charge in [0, 0.05) is 24.7 Å². The summed E-state index contributed by atoms with van der Waals surface area (Å²) in [5.41, 5.74) is 0.404. The molecule has 1 aliphatic rings. The zero-order valence-electron chi connectivity index (χ0n) is 19.1. The minimum atomic E-state index is -4.54. The first-order valence-electron chi connectivity index (χ1n) is 11.0. The first kappa shape index (κ1) is 27.0. The lowest BCUT2D eigenvalue weighted by molar-refractivity contribution is -0.137. The number of furan rings is 1. The lowest BCUT2D eigenvalue weighted by Gasteiger charge is -2.31. The van der Waals surface area contributed by atoms with Gasteiger partial charge in [-0.2, -0.15) is 13.2 Å². The molecule has 37 heavy (non-hydrogen) atoms. The fourth-order valence-electron chi connectivity index (χ4n) is 3.64. The summed E-state index contributed by atoms with van der Waals surface area (Å²) in [4.78, 5) is 14.3. The molecule has 1 saturated heterocycles. The maximum Gasteiger partial charge on any atom is 0.416 e. The van der Waals surface area contributed by atoms with Crippen molar-refractivity contribution in [2.45, 2.75) is 6.18 Å². The number of ether oxygens (including phenoxy) is 1. The summed E-state index contributed by atoms with van der Waals surface area (Å²) >= 11 is 17.4. The second-order valence-corrected chi connectivity index (χ2v) is 9.10. The monoisotopic (exact) mass is 569 g/mol. The number of anilines is 2. The number of alkyl halides is 3. The molecular weight excluding hydrogens is 550 g/mol. The lowest BCUT2D eigenvalue weighted by atomic mass is 10.1. The molecule has 0 aliphatic carbocycles. The van der Waals surface area contributed by atoms with Gasteiger partial charge in [-0.05, 0) is 60.8 Å². The Morgan fingerprint density at radius 3 is 2.57 bits per heavy atom. The molecule has 6 nitrogen and oxygen atoms in total. The van der Waals surface area contributed by atoms with Crippen molar-refractivity contribution in [2.75, 3.05) is 36.5 Å². The molecule has 2 aromatic carbocycles. The standard InChI is InChI=1S/C25H20Cl2F3N3O3S/c26-18-3-1-2-17(23(18)27)21-8-5-16(36-21)6-9-22(34)32-24(37)31-19-14-15(25(28,29)30)4-7-20(19)33-10-12-35-13-11-33/h1-9,14H,10-13H2,(H2,31,32,34,37). The topological polar surface area (TPSA) is 66.7 Å². The van der Waals surface area contributed by atoms with Gasteiger partial charge in [-0.15, -0.1) is 0 Å². The Kier molecular flexibility index (Phi) is 8.43. The van der Waals surface area contributed by atoms with Crippen molar-refractivity contribution >= 4 is 63.9 Å². The molecule has 3 aromatic rings. The highest BCUT2D eigenvalue weighted by molar-refractivity contribution is 7.80. The van der Waals surface area contributed by atoms with Crippen molar-refractivity contribution in [3.8, 4) is 11.3 Å². The highest BCUT2D eigenvalue weighted by Gasteiger charge is 2.31. The van der Waals surface area contributed by atoms with Crippen molar-refractivity contribution in [1.29, 1.82) is 0 Å². The van der Waals surface area contributed by atoms with Crippen molar-refractivity contribution in [3.05, 3.63) is 76.0 Å². The summed E-state index contributed by atoms with van der Waals surface area (Å²) < 4.78 is 50.9. The molecule has 1 aromatic heterocycles. The van der Waals surface area contributed by atoms with Crippen LogP contribution in [0.25, 0.3) is 17.4 Å². The van der Waals surface area contributed by atoms with Crippen LogP contribution in [0.5, 0.6) is 0 Å². The molecule has 2 N–H and O–H groups in total. The number of carbonyl (C=O) groups is 1. The Morgan fingerprint density at radius 1 is 1.08 bits per heavy atom. The number of thiocarbonyl (C=S) groups is 1. The third kappa shape index (κ3) is 6.84. The fourth-order valence-corrected chi connectivity index (χ4v) is 4.24. The molecule has 4 rings (SSSR count). The number of nitrogens with zero attached hydrogens (tertiary/aromatic N) is 1. The van der Waals surface area contributed by atoms with E-state index in [1.807, 2.05) is 4.90 Å². The van der Waals surface area contributed by atoms with Gasteiger partial charge in [-0.1, -0.05) is 29.3 Å². The summed E-state index contributed by atoms with van der Waals surface area (Å²) in [6.45, 7) is 1.91. The van der Waals surface area contributed by atoms with Gasteiger partial charge in [0.1, 0.15) is 11.5 Å². The van der Waals surface area contributed by atoms with Crippen LogP contribution in [0.4, 0.5) is 24.5 Å². The Morgan fingerprint density at radius 2 is 1.84 bits per heavy atom. The quantitative estimate of drug-likeness (QED) is 0.265. The van der Waals surface area contributed by atoms with E-state index in [1.54, 1.807) is 30.3 Å². The SMILES string of the molecule is O=C(C=Cc1ccc(-c2cccc(Cl)c2Cl)o1)NC(=S)Nc1cc(C(F)(F)F)ccc1N1CCOCC1. The Balaban J connectivity index is 1.44. The van der Waals surface area contributed by atoms with Gasteiger partial charge in [-0.3, -0.25) is 10.1 Å². The molecule has 0 radical (unpaired) electrons. The fraction of sp³-hybridized carbons (Fsp3) is 0.200. The van der Waals surface area contributed by atoms with E-state index in [-0.39, 0.29) is 10.8 Å². The Bertz CT molecular complexity index is 1340. The number of hydrogen-bond acceptors (Lipinski definition) is 5. The predicted molar refractivity (Wildman–Crippen MR) is 142 cm³/mol. The summed E-state index contributed by atoms with van der Waals surface area (Å²) in [7, 11) is 0. The summed E-state index contributed by atoms with van der Waals surface area (Å²) in [5, 5.41) is 5.72. The zero-order valence-corrected chi connectivity index (χ0v) is 21.4. The third-order valence-corrected chi connectivity index (χ3v) is 6.43. The second kappa shape index (κ2) is 11.6. The highest BCUT2D eigenvalue weighted by atomic mass is 35.5. The first-order valence-corrected chi connectivity index (χ1v) is 12.2. The van der Waals surface area contributed by atoms with Crippen LogP contribution in [0.3, 0.4) is 0 Å². The molecule has 0 unspecified atom stereocenters. The molecule has 0 bridgehead atoms. The Hall–Kier alpha value is -3.05. The largest absolute Gasteiger partial charge is 0.457 e. The number of morpholine rings is 1. The van der Waals surface area contributed by atoms with Gasteiger partial charge >= 0.3 is 6.18 Å². The van der Waals surface area contributed by atoms with Gasteiger partial charge in [0.05, 0.1) is 40.2 Å². The van der Waals surface area contributed by atoms with E-state index in [2.05, 4.69) is 10.6 Å². The smallest absolute Gasteiger partial charge is 0.416 e. The van der Waals surface area contributed by atoms with Crippen LogP contribution in [0.15, 0.2) is 59.0 Å². The van der Waals surface area contributed by atoms with E-state index in [4.69, 9.17) is 44.6 Å². The number of carbonyl (C=O) groups excluding carboxylic acids is 1. The molecule has 0 spiro atoms. The first-order chi connectivity index (χ1) is 17.6. The van der Waals surface area contributed by atoms with Gasteiger partial charge in [-0.25, -0.2) is 0 Å². The second-order valence-electron chi connectivity index (χ2n) is 7.91. The van der Waals surface area contributed by atoms with Crippen molar-refractivity contribution in [2.24, 2.45) is 0 Å². The normalized spacial score (nSPS) is 14.1. The predicted octanol–water partition coefficient (Wildman–Crippen LogP) is 6.64. The number of nitrogens with one attached hydrogen (secondary N) is 2. The van der Waals surface area contributed by atoms with Gasteiger partial charge < -0.3 is 19.4 Å². The highest BCUT2D eigenvalue weighted by Crippen LogP contribution is 2.36. The maximum atomic E-state index is 13.3. The number of benzene rings is 2. The number of rotatable bonds is 5. The van der Waals surface area contributed by atoms with E-state index >= 15 is 0 Å². The summed E-state index contributed by atoms with van der Waals surface area (Å²) in [6, 6.07) is 11.8. The third-order valence-electron chi connectivity index (χ3n) is 5.40. The van der Waals surface area contributed by atoms with Gasteiger partial charge in [0.15, 0.2) is 5.11 Å². The number of amides is 1. The van der Waals surface area contributed by atoms with Crippen molar-refractivity contribution in [3.63, 3.8) is 0 Å².